The van der Waals surface area contributed by atoms with Gasteiger partial charge in [-0.2, -0.15) is 0 Å². The fraction of sp³-hybridized carbons (Fsp3) is 0.379. The minimum absolute atomic E-state index is 0.00356. The Kier molecular flexibility index (Phi) is 7.90. The van der Waals surface area contributed by atoms with E-state index in [2.05, 4.69) is 15.1 Å². The van der Waals surface area contributed by atoms with Gasteiger partial charge in [-0.15, -0.1) is 10.2 Å². The zero-order valence-electron chi connectivity index (χ0n) is 22.2. The van der Waals surface area contributed by atoms with Crippen molar-refractivity contribution in [1.29, 1.82) is 0 Å². The van der Waals surface area contributed by atoms with Crippen LogP contribution in [0, 0.1) is 11.7 Å². The number of anilines is 1. The number of carbonyl (C=O) groups excluding carboxylic acids is 2. The van der Waals surface area contributed by atoms with E-state index in [1.54, 1.807) is 36.2 Å². The van der Waals surface area contributed by atoms with E-state index >= 15 is 0 Å². The number of aromatic nitrogens is 2. The standard InChI is InChI=1S/C29H32FN5O4/c1-38-25-11-7-22(17-26(25)39-2)24-10-12-27(32-31-24)33-13-15-34(16-14-33)28(36)19-35(29(37)21-5-6-21)18-20-3-8-23(30)9-4-20/h3-4,7-12,17,21H,5-6,13-16,18-19H2,1-2H3. The van der Waals surface area contributed by atoms with Gasteiger partial charge in [0.1, 0.15) is 12.4 Å². The molecule has 5 rings (SSSR count). The number of methoxy groups -OCH3 is 2. The normalized spacial score (nSPS) is 15.2. The second-order valence-corrected chi connectivity index (χ2v) is 9.81. The molecule has 204 valence electrons. The molecule has 0 N–H and O–H groups in total. The Balaban J connectivity index is 1.18. The van der Waals surface area contributed by atoms with Gasteiger partial charge < -0.3 is 24.2 Å². The predicted octanol–water partition coefficient (Wildman–Crippen LogP) is 3.39. The summed E-state index contributed by atoms with van der Waals surface area (Å²) in [6.45, 7) is 2.60. The number of nitrogens with zero attached hydrogens (tertiary/aromatic N) is 5. The van der Waals surface area contributed by atoms with Crippen LogP contribution in [-0.2, 0) is 16.1 Å². The lowest BCUT2D eigenvalue weighted by atomic mass is 10.1. The number of carbonyl (C=O) groups is 2. The Bertz CT molecular complexity index is 1310. The summed E-state index contributed by atoms with van der Waals surface area (Å²) in [5.41, 5.74) is 2.39. The van der Waals surface area contributed by atoms with Crippen molar-refractivity contribution in [3.05, 3.63) is 66.0 Å². The van der Waals surface area contributed by atoms with Crippen LogP contribution in [-0.4, -0.2) is 78.8 Å². The SMILES string of the molecule is COc1ccc(-c2ccc(N3CCN(C(=O)CN(Cc4ccc(F)cc4)C(=O)C4CC4)CC3)nn2)cc1OC. The summed E-state index contributed by atoms with van der Waals surface area (Å²) in [6.07, 6.45) is 1.72. The van der Waals surface area contributed by atoms with Crippen molar-refractivity contribution >= 4 is 17.6 Å². The van der Waals surface area contributed by atoms with E-state index in [4.69, 9.17) is 9.47 Å². The van der Waals surface area contributed by atoms with Crippen molar-refractivity contribution in [1.82, 2.24) is 20.0 Å². The highest BCUT2D eigenvalue weighted by Crippen LogP contribution is 2.32. The molecule has 1 aliphatic carbocycles. The third-order valence-corrected chi connectivity index (χ3v) is 7.14. The highest BCUT2D eigenvalue weighted by Gasteiger charge is 2.35. The third kappa shape index (κ3) is 6.27. The molecule has 1 saturated heterocycles. The maximum Gasteiger partial charge on any atom is 0.242 e. The van der Waals surface area contributed by atoms with E-state index in [-0.39, 0.29) is 30.1 Å². The first kappa shape index (κ1) is 26.4. The van der Waals surface area contributed by atoms with Crippen molar-refractivity contribution in [3.63, 3.8) is 0 Å². The Labute approximate surface area is 227 Å². The first-order valence-corrected chi connectivity index (χ1v) is 13.1. The number of halogens is 1. The summed E-state index contributed by atoms with van der Waals surface area (Å²) in [7, 11) is 3.19. The highest BCUT2D eigenvalue weighted by atomic mass is 19.1. The number of piperazine rings is 1. The molecular formula is C29H32FN5O4. The molecular weight excluding hydrogens is 501 g/mol. The van der Waals surface area contributed by atoms with Gasteiger partial charge in [0, 0.05) is 44.2 Å². The van der Waals surface area contributed by atoms with Gasteiger partial charge in [0.2, 0.25) is 11.8 Å². The quantitative estimate of drug-likeness (QED) is 0.417. The van der Waals surface area contributed by atoms with Crippen molar-refractivity contribution in [2.45, 2.75) is 19.4 Å². The van der Waals surface area contributed by atoms with Crippen LogP contribution in [0.5, 0.6) is 11.5 Å². The largest absolute Gasteiger partial charge is 0.493 e. The molecule has 3 aromatic rings. The molecule has 1 aliphatic heterocycles. The van der Waals surface area contributed by atoms with E-state index < -0.39 is 0 Å². The molecule has 39 heavy (non-hydrogen) atoms. The monoisotopic (exact) mass is 533 g/mol. The van der Waals surface area contributed by atoms with Gasteiger partial charge in [-0.3, -0.25) is 9.59 Å². The summed E-state index contributed by atoms with van der Waals surface area (Å²) in [5, 5.41) is 8.82. The summed E-state index contributed by atoms with van der Waals surface area (Å²) in [4.78, 5) is 31.5. The topological polar surface area (TPSA) is 88.1 Å². The molecule has 0 atom stereocenters. The molecule has 1 saturated carbocycles. The van der Waals surface area contributed by atoms with Crippen molar-refractivity contribution in [2.24, 2.45) is 5.92 Å². The molecule has 2 aromatic carbocycles. The number of amides is 2. The van der Waals surface area contributed by atoms with Gasteiger partial charge in [-0.1, -0.05) is 12.1 Å². The molecule has 0 spiro atoms. The summed E-state index contributed by atoms with van der Waals surface area (Å²) in [6, 6.07) is 15.5. The van der Waals surface area contributed by atoms with Gasteiger partial charge in [0.15, 0.2) is 17.3 Å². The van der Waals surface area contributed by atoms with E-state index in [0.29, 0.717) is 44.2 Å². The molecule has 2 aliphatic rings. The van der Waals surface area contributed by atoms with Gasteiger partial charge in [-0.25, -0.2) is 4.39 Å². The Morgan fingerprint density at radius 1 is 0.923 bits per heavy atom. The molecule has 9 nitrogen and oxygen atoms in total. The zero-order chi connectivity index (χ0) is 27.4. The molecule has 0 unspecified atom stereocenters. The summed E-state index contributed by atoms with van der Waals surface area (Å²) < 4.78 is 24.0. The summed E-state index contributed by atoms with van der Waals surface area (Å²) in [5.74, 6) is 1.60. The number of ether oxygens (including phenoxy) is 2. The number of rotatable bonds is 9. The van der Waals surface area contributed by atoms with Crippen LogP contribution in [0.15, 0.2) is 54.6 Å². The fourth-order valence-corrected chi connectivity index (χ4v) is 4.70. The van der Waals surface area contributed by atoms with Crippen LogP contribution in [0.3, 0.4) is 0 Å². The maximum absolute atomic E-state index is 13.3. The fourth-order valence-electron chi connectivity index (χ4n) is 4.70. The van der Waals surface area contributed by atoms with Gasteiger partial charge in [0.05, 0.1) is 19.9 Å². The average molecular weight is 534 g/mol. The number of hydrogen-bond donors (Lipinski definition) is 0. The molecule has 1 aromatic heterocycles. The molecule has 2 amide bonds. The number of benzene rings is 2. The Hall–Kier alpha value is -4.21. The predicted molar refractivity (Wildman–Crippen MR) is 144 cm³/mol. The van der Waals surface area contributed by atoms with Crippen LogP contribution in [0.2, 0.25) is 0 Å². The minimum Gasteiger partial charge on any atom is -0.493 e. The first-order chi connectivity index (χ1) is 18.9. The van der Waals surface area contributed by atoms with Crippen molar-refractivity contribution < 1.29 is 23.5 Å². The lowest BCUT2D eigenvalue weighted by Crippen LogP contribution is -2.52. The highest BCUT2D eigenvalue weighted by molar-refractivity contribution is 5.87. The molecule has 10 heteroatoms. The third-order valence-electron chi connectivity index (χ3n) is 7.14. The molecule has 0 radical (unpaired) electrons. The van der Waals surface area contributed by atoms with E-state index in [9.17, 15) is 14.0 Å². The Morgan fingerprint density at radius 2 is 1.64 bits per heavy atom. The van der Waals surface area contributed by atoms with Crippen LogP contribution < -0.4 is 14.4 Å². The number of hydrogen-bond acceptors (Lipinski definition) is 7. The smallest absolute Gasteiger partial charge is 0.242 e. The molecule has 0 bridgehead atoms. The van der Waals surface area contributed by atoms with Crippen LogP contribution in [0.25, 0.3) is 11.3 Å². The van der Waals surface area contributed by atoms with Crippen LogP contribution in [0.4, 0.5) is 10.2 Å². The lowest BCUT2D eigenvalue weighted by molar-refractivity contribution is -0.142. The first-order valence-electron chi connectivity index (χ1n) is 13.1. The minimum atomic E-state index is -0.326. The lowest BCUT2D eigenvalue weighted by Gasteiger charge is -2.36. The van der Waals surface area contributed by atoms with Crippen LogP contribution >= 0.6 is 0 Å². The Morgan fingerprint density at radius 3 is 2.26 bits per heavy atom. The van der Waals surface area contributed by atoms with Crippen LogP contribution in [0.1, 0.15) is 18.4 Å². The average Bonchev–Trinajstić information content (AvgIpc) is 3.83. The van der Waals surface area contributed by atoms with Crippen molar-refractivity contribution in [3.8, 4) is 22.8 Å². The van der Waals surface area contributed by atoms with E-state index in [0.717, 1.165) is 35.5 Å². The molecule has 2 heterocycles. The van der Waals surface area contributed by atoms with Gasteiger partial charge in [0.25, 0.3) is 0 Å². The zero-order valence-corrected chi connectivity index (χ0v) is 22.2. The van der Waals surface area contributed by atoms with Crippen molar-refractivity contribution in [2.75, 3.05) is 51.8 Å². The molecule has 2 fully saturated rings. The van der Waals surface area contributed by atoms with Gasteiger partial charge in [-0.05, 0) is 60.9 Å². The maximum atomic E-state index is 13.3. The summed E-state index contributed by atoms with van der Waals surface area (Å²) >= 11 is 0. The second kappa shape index (κ2) is 11.7. The second-order valence-electron chi connectivity index (χ2n) is 9.81. The van der Waals surface area contributed by atoms with Gasteiger partial charge >= 0.3 is 0 Å². The van der Waals surface area contributed by atoms with E-state index in [1.807, 2.05) is 30.3 Å². The van der Waals surface area contributed by atoms with E-state index in [1.165, 1.54) is 12.1 Å².